The molecule has 2 heterocycles. The minimum Gasteiger partial charge on any atom is -0.376 e. The van der Waals surface area contributed by atoms with Gasteiger partial charge in [0.1, 0.15) is 6.61 Å². The molecule has 0 spiro atoms. The van der Waals surface area contributed by atoms with Gasteiger partial charge in [0, 0.05) is 45.5 Å². The fourth-order valence-corrected chi connectivity index (χ4v) is 3.67. The van der Waals surface area contributed by atoms with Gasteiger partial charge in [0.2, 0.25) is 5.91 Å². The highest BCUT2D eigenvalue weighted by molar-refractivity contribution is 5.94. The Morgan fingerprint density at radius 2 is 1.86 bits per heavy atom. The van der Waals surface area contributed by atoms with E-state index >= 15 is 0 Å². The van der Waals surface area contributed by atoms with Gasteiger partial charge in [-0.1, -0.05) is 17.7 Å². The number of morpholine rings is 1. The van der Waals surface area contributed by atoms with Gasteiger partial charge >= 0.3 is 0 Å². The molecule has 0 bridgehead atoms. The van der Waals surface area contributed by atoms with E-state index in [1.54, 1.807) is 4.90 Å². The lowest BCUT2D eigenvalue weighted by molar-refractivity contribution is -0.143. The molecule has 0 aliphatic carbocycles. The number of hydrogen-bond acceptors (Lipinski definition) is 5. The topological polar surface area (TPSA) is 68.3 Å². The summed E-state index contributed by atoms with van der Waals surface area (Å²) in [5.74, 6) is -0.0780. The van der Waals surface area contributed by atoms with E-state index in [0.29, 0.717) is 38.3 Å². The van der Waals surface area contributed by atoms with E-state index in [9.17, 15) is 9.59 Å². The van der Waals surface area contributed by atoms with Crippen molar-refractivity contribution >= 4 is 11.8 Å². The van der Waals surface area contributed by atoms with E-state index in [1.807, 2.05) is 36.1 Å². The number of amides is 2. The average Bonchev–Trinajstić information content (AvgIpc) is 3.21. The van der Waals surface area contributed by atoms with Crippen LogP contribution in [0.2, 0.25) is 0 Å². The van der Waals surface area contributed by atoms with Gasteiger partial charge in [0.25, 0.3) is 5.91 Å². The molecule has 3 rings (SSSR count). The molecule has 1 aromatic carbocycles. The van der Waals surface area contributed by atoms with Crippen LogP contribution >= 0.6 is 0 Å². The van der Waals surface area contributed by atoms with Crippen molar-refractivity contribution in [2.75, 3.05) is 53.1 Å². The van der Waals surface area contributed by atoms with E-state index in [2.05, 4.69) is 0 Å². The molecule has 154 valence electrons. The predicted molar refractivity (Wildman–Crippen MR) is 104 cm³/mol. The van der Waals surface area contributed by atoms with Crippen molar-refractivity contribution in [3.05, 3.63) is 35.4 Å². The summed E-state index contributed by atoms with van der Waals surface area (Å²) in [7, 11) is 1.51. The number of rotatable bonds is 7. The molecule has 0 aromatic heterocycles. The molecule has 7 heteroatoms. The average molecular weight is 390 g/mol. The molecule has 7 nitrogen and oxygen atoms in total. The number of carbonyl (C=O) groups excluding carboxylic acids is 2. The molecule has 2 unspecified atom stereocenters. The van der Waals surface area contributed by atoms with Gasteiger partial charge in [-0.3, -0.25) is 9.59 Å². The molecular weight excluding hydrogens is 360 g/mol. The van der Waals surface area contributed by atoms with Gasteiger partial charge in [0.15, 0.2) is 0 Å². The molecule has 0 N–H and O–H groups in total. The molecular formula is C21H30N2O5. The van der Waals surface area contributed by atoms with E-state index in [4.69, 9.17) is 14.2 Å². The first-order valence-electron chi connectivity index (χ1n) is 9.92. The van der Waals surface area contributed by atoms with Gasteiger partial charge in [-0.05, 0) is 31.9 Å². The van der Waals surface area contributed by atoms with Crippen molar-refractivity contribution in [1.29, 1.82) is 0 Å². The lowest BCUT2D eigenvalue weighted by Gasteiger charge is -2.36. The third-order valence-electron chi connectivity index (χ3n) is 5.22. The molecule has 2 amide bonds. The number of ether oxygens (including phenoxy) is 3. The zero-order chi connectivity index (χ0) is 19.9. The van der Waals surface area contributed by atoms with Gasteiger partial charge in [-0.15, -0.1) is 0 Å². The molecule has 0 radical (unpaired) electrons. The molecule has 28 heavy (non-hydrogen) atoms. The first kappa shape index (κ1) is 20.8. The smallest absolute Gasteiger partial charge is 0.254 e. The van der Waals surface area contributed by atoms with Crippen LogP contribution in [-0.2, 0) is 19.0 Å². The standard InChI is InChI=1S/C21H30N2O5/c1-16-5-7-17(8-6-16)21(25)23(12-18-4-3-10-27-18)14-19-13-22(9-11-28-19)20(24)15-26-2/h5-8,18-19H,3-4,9-15H2,1-2H3. The van der Waals surface area contributed by atoms with Gasteiger partial charge < -0.3 is 24.0 Å². The van der Waals surface area contributed by atoms with Crippen LogP contribution in [0.3, 0.4) is 0 Å². The first-order chi connectivity index (χ1) is 13.6. The highest BCUT2D eigenvalue weighted by atomic mass is 16.5. The van der Waals surface area contributed by atoms with E-state index in [1.165, 1.54) is 7.11 Å². The molecule has 2 fully saturated rings. The highest BCUT2D eigenvalue weighted by Crippen LogP contribution is 2.17. The molecule has 2 aliphatic heterocycles. The Balaban J connectivity index is 1.68. The zero-order valence-corrected chi connectivity index (χ0v) is 16.8. The van der Waals surface area contributed by atoms with E-state index in [-0.39, 0.29) is 30.6 Å². The second-order valence-electron chi connectivity index (χ2n) is 7.48. The SMILES string of the molecule is COCC(=O)N1CCOC(CN(CC2CCCO2)C(=O)c2ccc(C)cc2)C1. The number of methoxy groups -OCH3 is 1. The number of benzene rings is 1. The Morgan fingerprint density at radius 1 is 1.14 bits per heavy atom. The molecule has 1 aromatic rings. The summed E-state index contributed by atoms with van der Waals surface area (Å²) in [5.41, 5.74) is 1.77. The summed E-state index contributed by atoms with van der Waals surface area (Å²) >= 11 is 0. The van der Waals surface area contributed by atoms with Crippen molar-refractivity contribution in [3.8, 4) is 0 Å². The first-order valence-corrected chi connectivity index (χ1v) is 9.92. The maximum absolute atomic E-state index is 13.1. The van der Waals surface area contributed by atoms with E-state index < -0.39 is 0 Å². The lowest BCUT2D eigenvalue weighted by Crippen LogP contribution is -2.52. The zero-order valence-electron chi connectivity index (χ0n) is 16.8. The van der Waals surface area contributed by atoms with Crippen molar-refractivity contribution in [1.82, 2.24) is 9.80 Å². The lowest BCUT2D eigenvalue weighted by atomic mass is 10.1. The second-order valence-corrected chi connectivity index (χ2v) is 7.48. The van der Waals surface area contributed by atoms with Gasteiger partial charge in [-0.25, -0.2) is 0 Å². The van der Waals surface area contributed by atoms with Crippen LogP contribution in [0.25, 0.3) is 0 Å². The van der Waals surface area contributed by atoms with Crippen LogP contribution in [0.15, 0.2) is 24.3 Å². The monoisotopic (exact) mass is 390 g/mol. The van der Waals surface area contributed by atoms with Crippen molar-refractivity contribution < 1.29 is 23.8 Å². The molecule has 0 saturated carbocycles. The van der Waals surface area contributed by atoms with Crippen LogP contribution in [0.4, 0.5) is 0 Å². The van der Waals surface area contributed by atoms with Gasteiger partial charge in [-0.2, -0.15) is 0 Å². The summed E-state index contributed by atoms with van der Waals surface area (Å²) in [6.45, 7) is 5.27. The quantitative estimate of drug-likeness (QED) is 0.706. The van der Waals surface area contributed by atoms with E-state index in [0.717, 1.165) is 25.0 Å². The second kappa shape index (κ2) is 10.0. The predicted octanol–water partition coefficient (Wildman–Crippen LogP) is 1.49. The molecule has 2 atom stereocenters. The number of carbonyl (C=O) groups is 2. The Kier molecular flexibility index (Phi) is 7.42. The van der Waals surface area contributed by atoms with Gasteiger partial charge in [0.05, 0.1) is 18.8 Å². The third kappa shape index (κ3) is 5.53. The van der Waals surface area contributed by atoms with Crippen molar-refractivity contribution in [2.24, 2.45) is 0 Å². The maximum atomic E-state index is 13.1. The fourth-order valence-electron chi connectivity index (χ4n) is 3.67. The fraction of sp³-hybridized carbons (Fsp3) is 0.619. The Hall–Kier alpha value is -1.96. The number of aryl methyl sites for hydroxylation is 1. The maximum Gasteiger partial charge on any atom is 0.254 e. The van der Waals surface area contributed by atoms with Crippen LogP contribution in [0.1, 0.15) is 28.8 Å². The molecule has 2 aliphatic rings. The summed E-state index contributed by atoms with van der Waals surface area (Å²) in [5, 5.41) is 0. The Labute approximate surface area is 166 Å². The Bertz CT molecular complexity index is 657. The third-order valence-corrected chi connectivity index (χ3v) is 5.22. The minimum absolute atomic E-state index is 0.0283. The van der Waals surface area contributed by atoms with Crippen LogP contribution < -0.4 is 0 Å². The highest BCUT2D eigenvalue weighted by Gasteiger charge is 2.30. The Morgan fingerprint density at radius 3 is 2.54 bits per heavy atom. The largest absolute Gasteiger partial charge is 0.376 e. The minimum atomic E-state index is -0.217. The normalized spacial score (nSPS) is 22.3. The summed E-state index contributed by atoms with van der Waals surface area (Å²) in [6.07, 6.45) is 1.83. The summed E-state index contributed by atoms with van der Waals surface area (Å²) in [4.78, 5) is 28.9. The number of nitrogens with zero attached hydrogens (tertiary/aromatic N) is 2. The summed E-state index contributed by atoms with van der Waals surface area (Å²) in [6, 6.07) is 7.60. The van der Waals surface area contributed by atoms with Crippen LogP contribution in [-0.4, -0.2) is 86.9 Å². The van der Waals surface area contributed by atoms with Crippen LogP contribution in [0.5, 0.6) is 0 Å². The number of hydrogen-bond donors (Lipinski definition) is 0. The molecule has 2 saturated heterocycles. The van der Waals surface area contributed by atoms with Crippen LogP contribution in [0, 0.1) is 6.92 Å². The van der Waals surface area contributed by atoms with Crippen molar-refractivity contribution in [3.63, 3.8) is 0 Å². The van der Waals surface area contributed by atoms with Crippen molar-refractivity contribution in [2.45, 2.75) is 32.0 Å². The summed E-state index contributed by atoms with van der Waals surface area (Å²) < 4.78 is 16.6.